The Morgan fingerprint density at radius 2 is 2.06 bits per heavy atom. The van der Waals surface area contributed by atoms with Crippen molar-refractivity contribution in [3.8, 4) is 0 Å². The predicted molar refractivity (Wildman–Crippen MR) is 64.6 cm³/mol. The number of nitrogens with two attached hydrogens (primary N) is 1. The molecule has 16 heavy (non-hydrogen) atoms. The summed E-state index contributed by atoms with van der Waals surface area (Å²) in [5, 5.41) is 8.90. The highest BCUT2D eigenvalue weighted by Crippen LogP contribution is 2.14. The van der Waals surface area contributed by atoms with Gasteiger partial charge in [-0.15, -0.1) is 10.2 Å². The molecule has 86 valence electrons. The highest BCUT2D eigenvalue weighted by molar-refractivity contribution is 6.29. The number of fused-ring (bicyclic) bond motifs is 1. The van der Waals surface area contributed by atoms with Crippen LogP contribution in [0, 0.1) is 0 Å². The number of halogens is 1. The lowest BCUT2D eigenvalue weighted by atomic mass is 10.2. The molecule has 4 nitrogen and oxygen atoms in total. The third-order valence-corrected chi connectivity index (χ3v) is 2.85. The Morgan fingerprint density at radius 1 is 1.19 bits per heavy atom. The van der Waals surface area contributed by atoms with E-state index in [0.29, 0.717) is 5.15 Å². The molecule has 0 unspecified atom stereocenters. The minimum absolute atomic E-state index is 0.663. The SMILES string of the molecule is NCCCCCc1nnc2cccc(Cl)n12. The smallest absolute Gasteiger partial charge is 0.161 e. The molecule has 2 N–H and O–H groups in total. The van der Waals surface area contributed by atoms with Crippen molar-refractivity contribution in [2.45, 2.75) is 25.7 Å². The van der Waals surface area contributed by atoms with Gasteiger partial charge in [-0.1, -0.05) is 24.1 Å². The second kappa shape index (κ2) is 5.27. The molecular weight excluding hydrogens is 224 g/mol. The zero-order valence-electron chi connectivity index (χ0n) is 9.06. The van der Waals surface area contributed by atoms with Gasteiger partial charge in [-0.25, -0.2) is 0 Å². The number of unbranched alkanes of at least 4 members (excludes halogenated alkanes) is 2. The predicted octanol–water partition coefficient (Wildman–Crippen LogP) is 2.05. The van der Waals surface area contributed by atoms with Gasteiger partial charge in [0.1, 0.15) is 11.0 Å². The first kappa shape index (κ1) is 11.4. The van der Waals surface area contributed by atoms with Gasteiger partial charge in [0.15, 0.2) is 5.65 Å². The third-order valence-electron chi connectivity index (χ3n) is 2.55. The molecule has 0 amide bonds. The van der Waals surface area contributed by atoms with E-state index in [2.05, 4.69) is 10.2 Å². The molecule has 0 aliphatic carbocycles. The normalized spacial score (nSPS) is 11.1. The highest BCUT2D eigenvalue weighted by atomic mass is 35.5. The molecule has 0 radical (unpaired) electrons. The molecule has 0 aliphatic heterocycles. The maximum atomic E-state index is 6.11. The monoisotopic (exact) mass is 238 g/mol. The van der Waals surface area contributed by atoms with Gasteiger partial charge in [-0.3, -0.25) is 4.40 Å². The van der Waals surface area contributed by atoms with E-state index in [1.165, 1.54) is 0 Å². The molecule has 0 bridgehead atoms. The van der Waals surface area contributed by atoms with Crippen LogP contribution in [0.25, 0.3) is 5.65 Å². The quantitative estimate of drug-likeness (QED) is 0.641. The average Bonchev–Trinajstić information content (AvgIpc) is 2.69. The van der Waals surface area contributed by atoms with Crippen molar-refractivity contribution < 1.29 is 0 Å². The van der Waals surface area contributed by atoms with Crippen LogP contribution in [-0.2, 0) is 6.42 Å². The molecule has 0 saturated heterocycles. The average molecular weight is 239 g/mol. The van der Waals surface area contributed by atoms with Crippen LogP contribution >= 0.6 is 11.6 Å². The fourth-order valence-electron chi connectivity index (χ4n) is 1.73. The van der Waals surface area contributed by atoms with Gasteiger partial charge in [-0.05, 0) is 31.5 Å². The lowest BCUT2D eigenvalue weighted by Gasteiger charge is -2.01. The van der Waals surface area contributed by atoms with Crippen molar-refractivity contribution in [2.24, 2.45) is 5.73 Å². The van der Waals surface area contributed by atoms with Crippen LogP contribution in [0.5, 0.6) is 0 Å². The Morgan fingerprint density at radius 3 is 2.88 bits per heavy atom. The van der Waals surface area contributed by atoms with Gasteiger partial charge >= 0.3 is 0 Å². The van der Waals surface area contributed by atoms with Gasteiger partial charge in [0.2, 0.25) is 0 Å². The number of pyridine rings is 1. The molecule has 2 heterocycles. The Labute approximate surface area is 99.4 Å². The second-order valence-corrected chi connectivity index (χ2v) is 4.14. The largest absolute Gasteiger partial charge is 0.330 e. The molecule has 2 aromatic heterocycles. The summed E-state index contributed by atoms with van der Waals surface area (Å²) in [7, 11) is 0. The first-order valence-corrected chi connectivity index (χ1v) is 5.89. The van der Waals surface area contributed by atoms with Gasteiger partial charge in [0.25, 0.3) is 0 Å². The summed E-state index contributed by atoms with van der Waals surface area (Å²) in [5.74, 6) is 0.928. The summed E-state index contributed by atoms with van der Waals surface area (Å²) in [4.78, 5) is 0. The van der Waals surface area contributed by atoms with Crippen molar-refractivity contribution in [3.05, 3.63) is 29.2 Å². The molecule has 0 spiro atoms. The maximum Gasteiger partial charge on any atom is 0.161 e. The minimum Gasteiger partial charge on any atom is -0.330 e. The molecule has 2 aromatic rings. The molecule has 0 aromatic carbocycles. The number of nitrogens with zero attached hydrogens (tertiary/aromatic N) is 3. The topological polar surface area (TPSA) is 56.2 Å². The van der Waals surface area contributed by atoms with Crippen LogP contribution in [0.2, 0.25) is 5.15 Å². The number of aryl methyl sites for hydroxylation is 1. The lowest BCUT2D eigenvalue weighted by molar-refractivity contribution is 0.665. The van der Waals surface area contributed by atoms with Crippen LogP contribution in [0.1, 0.15) is 25.1 Å². The summed E-state index contributed by atoms with van der Waals surface area (Å²) in [6.07, 6.45) is 4.15. The Kier molecular flexibility index (Phi) is 3.74. The molecule has 2 rings (SSSR count). The number of hydrogen-bond donors (Lipinski definition) is 1. The number of aromatic nitrogens is 3. The van der Waals surface area contributed by atoms with E-state index in [9.17, 15) is 0 Å². The summed E-state index contributed by atoms with van der Waals surface area (Å²) in [6, 6.07) is 5.63. The molecule has 0 atom stereocenters. The van der Waals surface area contributed by atoms with E-state index < -0.39 is 0 Å². The van der Waals surface area contributed by atoms with Crippen LogP contribution < -0.4 is 5.73 Å². The Bertz CT molecular complexity index is 466. The van der Waals surface area contributed by atoms with Gasteiger partial charge in [0.05, 0.1) is 0 Å². The molecule has 0 saturated carbocycles. The zero-order chi connectivity index (χ0) is 11.4. The summed E-state index contributed by atoms with van der Waals surface area (Å²) >= 11 is 6.11. The fraction of sp³-hybridized carbons (Fsp3) is 0.455. The van der Waals surface area contributed by atoms with Crippen molar-refractivity contribution >= 4 is 17.2 Å². The van der Waals surface area contributed by atoms with E-state index in [1.807, 2.05) is 22.6 Å². The maximum absolute atomic E-state index is 6.11. The van der Waals surface area contributed by atoms with Crippen LogP contribution in [0.4, 0.5) is 0 Å². The number of hydrogen-bond acceptors (Lipinski definition) is 3. The van der Waals surface area contributed by atoms with Crippen molar-refractivity contribution in [2.75, 3.05) is 6.54 Å². The standard InChI is InChI=1S/C11H15ClN4/c12-9-5-4-7-11-15-14-10(16(9)11)6-2-1-3-8-13/h4-5,7H,1-3,6,8,13H2. The molecule has 5 heteroatoms. The Balaban J connectivity index is 2.12. The second-order valence-electron chi connectivity index (χ2n) is 3.76. The lowest BCUT2D eigenvalue weighted by Crippen LogP contribution is -2.00. The first-order valence-electron chi connectivity index (χ1n) is 5.51. The van der Waals surface area contributed by atoms with Crippen LogP contribution in [0.3, 0.4) is 0 Å². The zero-order valence-corrected chi connectivity index (χ0v) is 9.82. The van der Waals surface area contributed by atoms with Crippen molar-refractivity contribution in [1.29, 1.82) is 0 Å². The third kappa shape index (κ3) is 2.33. The van der Waals surface area contributed by atoms with Gasteiger partial charge in [-0.2, -0.15) is 0 Å². The van der Waals surface area contributed by atoms with Crippen LogP contribution in [0.15, 0.2) is 18.2 Å². The first-order chi connectivity index (χ1) is 7.83. The van der Waals surface area contributed by atoms with Gasteiger partial charge < -0.3 is 5.73 Å². The number of rotatable bonds is 5. The Hall–Kier alpha value is -1.13. The molecular formula is C11H15ClN4. The summed E-state index contributed by atoms with van der Waals surface area (Å²) < 4.78 is 1.89. The molecule has 0 fully saturated rings. The van der Waals surface area contributed by atoms with Crippen molar-refractivity contribution in [1.82, 2.24) is 14.6 Å². The van der Waals surface area contributed by atoms with E-state index in [4.69, 9.17) is 17.3 Å². The van der Waals surface area contributed by atoms with E-state index in [0.717, 1.165) is 43.7 Å². The van der Waals surface area contributed by atoms with E-state index in [1.54, 1.807) is 0 Å². The summed E-state index contributed by atoms with van der Waals surface area (Å²) in [5.41, 5.74) is 6.26. The van der Waals surface area contributed by atoms with E-state index in [-0.39, 0.29) is 0 Å². The van der Waals surface area contributed by atoms with Crippen LogP contribution in [-0.4, -0.2) is 21.1 Å². The fourth-order valence-corrected chi connectivity index (χ4v) is 1.98. The van der Waals surface area contributed by atoms with Gasteiger partial charge in [0, 0.05) is 6.42 Å². The van der Waals surface area contributed by atoms with Crippen molar-refractivity contribution in [3.63, 3.8) is 0 Å². The highest BCUT2D eigenvalue weighted by Gasteiger charge is 2.07. The molecule has 0 aliphatic rings. The minimum atomic E-state index is 0.663. The summed E-state index contributed by atoms with van der Waals surface area (Å²) in [6.45, 7) is 0.751. The van der Waals surface area contributed by atoms with E-state index >= 15 is 0 Å².